The Hall–Kier alpha value is -1.20. The Morgan fingerprint density at radius 2 is 2.00 bits per heavy atom. The molecule has 6 heteroatoms. The van der Waals surface area contributed by atoms with Crippen LogP contribution in [0.2, 0.25) is 5.02 Å². The van der Waals surface area contributed by atoms with Gasteiger partial charge >= 0.3 is 0 Å². The molecule has 0 saturated carbocycles. The molecule has 0 fully saturated rings. The van der Waals surface area contributed by atoms with Crippen LogP contribution in [0.1, 0.15) is 0 Å². The largest absolute Gasteiger partial charge is 0.318 e. The van der Waals surface area contributed by atoms with Gasteiger partial charge in [-0.3, -0.25) is 0 Å². The van der Waals surface area contributed by atoms with E-state index >= 15 is 0 Å². The maximum absolute atomic E-state index is 5.79. The van der Waals surface area contributed by atoms with E-state index in [-0.39, 0.29) is 0 Å². The molecule has 2 rings (SSSR count). The van der Waals surface area contributed by atoms with E-state index in [1.165, 1.54) is 11.5 Å². The van der Waals surface area contributed by atoms with E-state index in [0.29, 0.717) is 0 Å². The van der Waals surface area contributed by atoms with Crippen molar-refractivity contribution < 1.29 is 0 Å². The monoisotopic (exact) mass is 226 g/mol. The van der Waals surface area contributed by atoms with Gasteiger partial charge in [0.15, 0.2) is 0 Å². The molecule has 0 aliphatic heterocycles. The summed E-state index contributed by atoms with van der Waals surface area (Å²) in [5.74, 6) is 0. The van der Waals surface area contributed by atoms with Crippen LogP contribution in [0.25, 0.3) is 0 Å². The average molecular weight is 227 g/mol. The Kier molecular flexibility index (Phi) is 2.60. The Morgan fingerprint density at radius 1 is 1.29 bits per heavy atom. The van der Waals surface area contributed by atoms with E-state index in [9.17, 15) is 0 Å². The Balaban J connectivity index is 2.28. The number of halogens is 1. The Bertz CT molecular complexity index is 400. The summed E-state index contributed by atoms with van der Waals surface area (Å²) in [6.45, 7) is 0. The number of hydrogen-bond donors (Lipinski definition) is 0. The molecular formula is C8H7ClN4S. The smallest absolute Gasteiger partial charge is 0.232 e. The van der Waals surface area contributed by atoms with Crippen LogP contribution in [0, 0.1) is 0 Å². The summed E-state index contributed by atoms with van der Waals surface area (Å²) >= 11 is 7.04. The minimum Gasteiger partial charge on any atom is -0.318 e. The number of rotatable bonds is 2. The molecular weight excluding hydrogens is 220 g/mol. The molecule has 72 valence electrons. The first kappa shape index (κ1) is 9.36. The standard InChI is InChI=1S/C8H7ClN4S/c1-13(8-10-11-12-14-8)7-4-2-6(9)3-5-7/h2-5H,1H3. The second-order valence-corrected chi connectivity index (χ2v) is 3.83. The lowest BCUT2D eigenvalue weighted by Gasteiger charge is -2.13. The van der Waals surface area contributed by atoms with Crippen LogP contribution < -0.4 is 4.90 Å². The minimum atomic E-state index is 0.720. The van der Waals surface area contributed by atoms with Gasteiger partial charge in [0.25, 0.3) is 0 Å². The lowest BCUT2D eigenvalue weighted by Crippen LogP contribution is -2.08. The van der Waals surface area contributed by atoms with Crippen molar-refractivity contribution in [1.29, 1.82) is 0 Å². The van der Waals surface area contributed by atoms with Crippen LogP contribution in [-0.4, -0.2) is 21.8 Å². The van der Waals surface area contributed by atoms with E-state index < -0.39 is 0 Å². The van der Waals surface area contributed by atoms with Gasteiger partial charge < -0.3 is 4.90 Å². The molecule has 0 aliphatic rings. The second-order valence-electron chi connectivity index (χ2n) is 2.68. The predicted molar refractivity (Wildman–Crippen MR) is 57.2 cm³/mol. The van der Waals surface area contributed by atoms with Crippen LogP contribution >= 0.6 is 23.1 Å². The molecule has 1 aromatic heterocycles. The van der Waals surface area contributed by atoms with Crippen LogP contribution in [0.4, 0.5) is 10.8 Å². The summed E-state index contributed by atoms with van der Waals surface area (Å²) in [5.41, 5.74) is 1.01. The zero-order chi connectivity index (χ0) is 9.97. The van der Waals surface area contributed by atoms with Gasteiger partial charge in [0.05, 0.1) is 0 Å². The molecule has 0 radical (unpaired) electrons. The lowest BCUT2D eigenvalue weighted by molar-refractivity contribution is 0.944. The van der Waals surface area contributed by atoms with Crippen molar-refractivity contribution in [2.45, 2.75) is 0 Å². The Morgan fingerprint density at radius 3 is 2.57 bits per heavy atom. The number of nitrogens with zero attached hydrogens (tertiary/aromatic N) is 4. The van der Waals surface area contributed by atoms with E-state index in [0.717, 1.165) is 15.8 Å². The van der Waals surface area contributed by atoms with E-state index in [1.54, 1.807) is 0 Å². The number of anilines is 2. The van der Waals surface area contributed by atoms with Crippen molar-refractivity contribution in [2.75, 3.05) is 11.9 Å². The third-order valence-electron chi connectivity index (χ3n) is 1.79. The second kappa shape index (κ2) is 3.89. The molecule has 0 unspecified atom stereocenters. The van der Waals surface area contributed by atoms with Crippen molar-refractivity contribution in [3.8, 4) is 0 Å². The maximum Gasteiger partial charge on any atom is 0.232 e. The number of hydrogen-bond acceptors (Lipinski definition) is 5. The number of aromatic nitrogens is 3. The third-order valence-corrected chi connectivity index (χ3v) is 2.72. The molecule has 2 aromatic rings. The van der Waals surface area contributed by atoms with Gasteiger partial charge in [-0.05, 0) is 29.5 Å². The van der Waals surface area contributed by atoms with E-state index in [2.05, 4.69) is 14.8 Å². The molecule has 0 amide bonds. The van der Waals surface area contributed by atoms with Gasteiger partial charge in [-0.2, -0.15) is 0 Å². The summed E-state index contributed by atoms with van der Waals surface area (Å²) in [5, 5.41) is 8.88. The highest BCUT2D eigenvalue weighted by molar-refractivity contribution is 7.09. The van der Waals surface area contributed by atoms with Gasteiger partial charge in [0.2, 0.25) is 5.13 Å². The van der Waals surface area contributed by atoms with E-state index in [4.69, 9.17) is 11.6 Å². The van der Waals surface area contributed by atoms with Gasteiger partial charge in [0, 0.05) is 29.3 Å². The highest BCUT2D eigenvalue weighted by Crippen LogP contribution is 2.24. The van der Waals surface area contributed by atoms with Crippen molar-refractivity contribution in [2.24, 2.45) is 0 Å². The molecule has 0 saturated heterocycles. The summed E-state index contributed by atoms with van der Waals surface area (Å²) < 4.78 is 3.70. The maximum atomic E-state index is 5.79. The molecule has 0 N–H and O–H groups in total. The minimum absolute atomic E-state index is 0.720. The first-order chi connectivity index (χ1) is 6.77. The average Bonchev–Trinajstić information content (AvgIpc) is 2.71. The fourth-order valence-corrected chi connectivity index (χ4v) is 1.61. The quantitative estimate of drug-likeness (QED) is 0.789. The first-order valence-electron chi connectivity index (χ1n) is 3.92. The topological polar surface area (TPSA) is 41.9 Å². The molecule has 0 spiro atoms. The van der Waals surface area contributed by atoms with Crippen LogP contribution in [0.15, 0.2) is 24.3 Å². The number of benzene rings is 1. The summed E-state index contributed by atoms with van der Waals surface area (Å²) in [6.07, 6.45) is 0. The van der Waals surface area contributed by atoms with Gasteiger partial charge in [0.1, 0.15) is 0 Å². The molecule has 0 atom stereocenters. The molecule has 0 aliphatic carbocycles. The molecule has 1 aromatic carbocycles. The van der Waals surface area contributed by atoms with Crippen molar-refractivity contribution >= 4 is 34.0 Å². The van der Waals surface area contributed by atoms with Gasteiger partial charge in [-0.1, -0.05) is 21.2 Å². The summed E-state index contributed by atoms with van der Waals surface area (Å²) in [7, 11) is 1.91. The van der Waals surface area contributed by atoms with E-state index in [1.807, 2.05) is 36.2 Å². The fourth-order valence-electron chi connectivity index (χ4n) is 1.03. The SMILES string of the molecule is CN(c1ccc(Cl)cc1)c1nnns1. The van der Waals surface area contributed by atoms with Crippen LogP contribution in [0.3, 0.4) is 0 Å². The van der Waals surface area contributed by atoms with Crippen LogP contribution in [0.5, 0.6) is 0 Å². The summed E-state index contributed by atoms with van der Waals surface area (Å²) in [6, 6.07) is 7.51. The zero-order valence-electron chi connectivity index (χ0n) is 7.38. The fraction of sp³-hybridized carbons (Fsp3) is 0.125. The molecule has 0 bridgehead atoms. The Labute approximate surface area is 90.3 Å². The predicted octanol–water partition coefficient (Wildman–Crippen LogP) is 2.35. The third kappa shape index (κ3) is 1.83. The normalized spacial score (nSPS) is 10.1. The first-order valence-corrected chi connectivity index (χ1v) is 5.07. The zero-order valence-corrected chi connectivity index (χ0v) is 8.96. The van der Waals surface area contributed by atoms with Crippen molar-refractivity contribution in [1.82, 2.24) is 14.8 Å². The van der Waals surface area contributed by atoms with Crippen LogP contribution in [-0.2, 0) is 0 Å². The highest BCUT2D eigenvalue weighted by atomic mass is 35.5. The van der Waals surface area contributed by atoms with Gasteiger partial charge in [-0.15, -0.1) is 0 Å². The molecule has 1 heterocycles. The molecule has 14 heavy (non-hydrogen) atoms. The summed E-state index contributed by atoms with van der Waals surface area (Å²) in [4.78, 5) is 1.90. The lowest BCUT2D eigenvalue weighted by atomic mass is 10.3. The highest BCUT2D eigenvalue weighted by Gasteiger charge is 2.07. The van der Waals surface area contributed by atoms with Crippen molar-refractivity contribution in [3.63, 3.8) is 0 Å². The van der Waals surface area contributed by atoms with Gasteiger partial charge in [-0.25, -0.2) is 0 Å². The van der Waals surface area contributed by atoms with Crippen molar-refractivity contribution in [3.05, 3.63) is 29.3 Å². The molecule has 4 nitrogen and oxygen atoms in total.